The summed E-state index contributed by atoms with van der Waals surface area (Å²) in [6, 6.07) is 0. The van der Waals surface area contributed by atoms with Gasteiger partial charge in [-0.25, -0.2) is 4.85 Å². The SMILES string of the molecule is [C-]#[N+]/C(C(=O)OCC)=C(\C)OCC. The summed E-state index contributed by atoms with van der Waals surface area (Å²) in [7, 11) is 0. The standard InChI is InChI=1S/C9H13NO3/c1-5-12-7(3)8(10-4)9(11)13-6-2/h5-6H2,1-3H3/b8-7+. The van der Waals surface area contributed by atoms with Crippen LogP contribution in [0.1, 0.15) is 20.8 Å². The van der Waals surface area contributed by atoms with Gasteiger partial charge in [-0.05, 0) is 20.8 Å². The molecule has 0 amide bonds. The maximum Gasteiger partial charge on any atom is 0.339 e. The average Bonchev–Trinajstić information content (AvgIpc) is 2.06. The first kappa shape index (κ1) is 11.5. The first-order valence-corrected chi connectivity index (χ1v) is 4.05. The quantitative estimate of drug-likeness (QED) is 0.288. The molecule has 0 atom stereocenters. The maximum atomic E-state index is 11.1. The van der Waals surface area contributed by atoms with Gasteiger partial charge in [0.1, 0.15) is 5.76 Å². The molecular weight excluding hydrogens is 170 g/mol. The summed E-state index contributed by atoms with van der Waals surface area (Å²) < 4.78 is 9.70. The van der Waals surface area contributed by atoms with Gasteiger partial charge in [-0.2, -0.15) is 0 Å². The summed E-state index contributed by atoms with van der Waals surface area (Å²) in [5.41, 5.74) is -0.0799. The third-order valence-electron chi connectivity index (χ3n) is 1.27. The Kier molecular flexibility index (Phi) is 5.37. The van der Waals surface area contributed by atoms with E-state index in [-0.39, 0.29) is 12.3 Å². The summed E-state index contributed by atoms with van der Waals surface area (Å²) >= 11 is 0. The highest BCUT2D eigenvalue weighted by Crippen LogP contribution is 2.09. The Morgan fingerprint density at radius 1 is 1.31 bits per heavy atom. The van der Waals surface area contributed by atoms with Crippen molar-refractivity contribution in [2.75, 3.05) is 13.2 Å². The number of hydrogen-bond acceptors (Lipinski definition) is 3. The first-order valence-electron chi connectivity index (χ1n) is 4.05. The minimum Gasteiger partial charge on any atom is -0.509 e. The van der Waals surface area contributed by atoms with Crippen LogP contribution >= 0.6 is 0 Å². The summed E-state index contributed by atoms with van der Waals surface area (Å²) in [4.78, 5) is 14.2. The molecule has 0 aromatic heterocycles. The lowest BCUT2D eigenvalue weighted by Crippen LogP contribution is -2.08. The second kappa shape index (κ2) is 6.06. The molecule has 0 aliphatic heterocycles. The molecule has 4 heteroatoms. The van der Waals surface area contributed by atoms with Crippen molar-refractivity contribution in [1.29, 1.82) is 0 Å². The van der Waals surface area contributed by atoms with Crippen molar-refractivity contribution in [3.8, 4) is 0 Å². The Labute approximate surface area is 78.0 Å². The van der Waals surface area contributed by atoms with Crippen molar-refractivity contribution in [3.05, 3.63) is 22.9 Å². The number of ether oxygens (including phenoxy) is 2. The van der Waals surface area contributed by atoms with Crippen LogP contribution in [0.15, 0.2) is 11.5 Å². The molecule has 0 saturated heterocycles. The van der Waals surface area contributed by atoms with Gasteiger partial charge >= 0.3 is 11.7 Å². The number of nitrogens with zero attached hydrogens (tertiary/aromatic N) is 1. The third kappa shape index (κ3) is 3.61. The molecule has 13 heavy (non-hydrogen) atoms. The Balaban J connectivity index is 4.59. The molecule has 0 aromatic carbocycles. The highest BCUT2D eigenvalue weighted by molar-refractivity contribution is 5.90. The number of hydrogen-bond donors (Lipinski definition) is 0. The van der Waals surface area contributed by atoms with Crippen LogP contribution in [0.3, 0.4) is 0 Å². The summed E-state index contributed by atoms with van der Waals surface area (Å²) in [5, 5.41) is 0. The van der Waals surface area contributed by atoms with Crippen molar-refractivity contribution < 1.29 is 14.3 Å². The summed E-state index contributed by atoms with van der Waals surface area (Å²) in [6.45, 7) is 12.5. The Morgan fingerprint density at radius 3 is 2.23 bits per heavy atom. The van der Waals surface area contributed by atoms with Gasteiger partial charge in [0.25, 0.3) is 0 Å². The lowest BCUT2D eigenvalue weighted by molar-refractivity contribution is -0.138. The molecule has 0 spiro atoms. The Morgan fingerprint density at radius 2 is 1.85 bits per heavy atom. The molecule has 0 fully saturated rings. The summed E-state index contributed by atoms with van der Waals surface area (Å²) in [5.74, 6) is -0.306. The van der Waals surface area contributed by atoms with Crippen LogP contribution in [0.4, 0.5) is 0 Å². The normalized spacial score (nSPS) is 11.2. The fourth-order valence-electron chi connectivity index (χ4n) is 0.752. The molecule has 0 aromatic rings. The van der Waals surface area contributed by atoms with Crippen molar-refractivity contribution >= 4 is 5.97 Å². The van der Waals surface area contributed by atoms with E-state index < -0.39 is 5.97 Å². The van der Waals surface area contributed by atoms with Gasteiger partial charge in [0.2, 0.25) is 0 Å². The second-order valence-corrected chi connectivity index (χ2v) is 2.17. The average molecular weight is 183 g/mol. The van der Waals surface area contributed by atoms with Crippen LogP contribution in [0.5, 0.6) is 0 Å². The molecule has 4 nitrogen and oxygen atoms in total. The van der Waals surface area contributed by atoms with Gasteiger partial charge in [0.05, 0.1) is 19.8 Å². The third-order valence-corrected chi connectivity index (χ3v) is 1.27. The van der Waals surface area contributed by atoms with Gasteiger partial charge in [-0.1, -0.05) is 0 Å². The van der Waals surface area contributed by atoms with Crippen LogP contribution in [-0.2, 0) is 14.3 Å². The molecule has 0 aliphatic carbocycles. The number of carbonyl (C=O) groups is 1. The minimum atomic E-state index is -0.622. The van der Waals surface area contributed by atoms with Gasteiger partial charge in [-0.3, -0.25) is 4.79 Å². The van der Waals surface area contributed by atoms with Crippen LogP contribution in [-0.4, -0.2) is 19.2 Å². The molecule has 0 radical (unpaired) electrons. The van der Waals surface area contributed by atoms with E-state index in [2.05, 4.69) is 9.58 Å². The number of esters is 1. The zero-order valence-corrected chi connectivity index (χ0v) is 8.09. The molecule has 0 N–H and O–H groups in total. The summed E-state index contributed by atoms with van der Waals surface area (Å²) in [6.07, 6.45) is 0. The topological polar surface area (TPSA) is 39.9 Å². The molecule has 0 heterocycles. The monoisotopic (exact) mass is 183 g/mol. The fraction of sp³-hybridized carbons (Fsp3) is 0.556. The second-order valence-electron chi connectivity index (χ2n) is 2.17. The lowest BCUT2D eigenvalue weighted by Gasteiger charge is -2.05. The van der Waals surface area contributed by atoms with Gasteiger partial charge in [0, 0.05) is 0 Å². The molecule has 72 valence electrons. The number of rotatable bonds is 4. The van der Waals surface area contributed by atoms with Crippen molar-refractivity contribution in [2.24, 2.45) is 0 Å². The fourth-order valence-corrected chi connectivity index (χ4v) is 0.752. The van der Waals surface area contributed by atoms with E-state index in [4.69, 9.17) is 11.3 Å². The van der Waals surface area contributed by atoms with E-state index >= 15 is 0 Å². The first-order chi connectivity index (χ1) is 6.17. The predicted octanol–water partition coefficient (Wildman–Crippen LogP) is 1.74. The molecular formula is C9H13NO3. The number of allylic oxidation sites excluding steroid dienone is 1. The van der Waals surface area contributed by atoms with Crippen LogP contribution in [0.2, 0.25) is 0 Å². The Hall–Kier alpha value is -1.50. The van der Waals surface area contributed by atoms with Crippen molar-refractivity contribution in [1.82, 2.24) is 0 Å². The zero-order chi connectivity index (χ0) is 10.3. The smallest absolute Gasteiger partial charge is 0.339 e. The zero-order valence-electron chi connectivity index (χ0n) is 8.09. The highest BCUT2D eigenvalue weighted by Gasteiger charge is 2.15. The van der Waals surface area contributed by atoms with E-state index in [1.54, 1.807) is 20.8 Å². The van der Waals surface area contributed by atoms with Crippen molar-refractivity contribution in [2.45, 2.75) is 20.8 Å². The number of carbonyl (C=O) groups excluding carboxylic acids is 1. The van der Waals surface area contributed by atoms with Crippen molar-refractivity contribution in [3.63, 3.8) is 0 Å². The van der Waals surface area contributed by atoms with E-state index in [0.29, 0.717) is 12.4 Å². The molecule has 0 saturated carbocycles. The molecule has 0 bridgehead atoms. The van der Waals surface area contributed by atoms with Gasteiger partial charge < -0.3 is 9.47 Å². The molecule has 0 rings (SSSR count). The van der Waals surface area contributed by atoms with E-state index in [1.165, 1.54) is 0 Å². The lowest BCUT2D eigenvalue weighted by atomic mass is 10.4. The largest absolute Gasteiger partial charge is 0.509 e. The van der Waals surface area contributed by atoms with Crippen LogP contribution in [0.25, 0.3) is 4.85 Å². The van der Waals surface area contributed by atoms with E-state index in [0.717, 1.165) is 0 Å². The van der Waals surface area contributed by atoms with E-state index in [9.17, 15) is 4.79 Å². The minimum absolute atomic E-state index is 0.0799. The molecule has 0 aliphatic rings. The predicted molar refractivity (Wildman–Crippen MR) is 47.6 cm³/mol. The Bertz CT molecular complexity index is 250. The van der Waals surface area contributed by atoms with Crippen LogP contribution in [0, 0.1) is 6.57 Å². The maximum absolute atomic E-state index is 11.1. The van der Waals surface area contributed by atoms with Gasteiger partial charge in [0.15, 0.2) is 0 Å². The molecule has 0 unspecified atom stereocenters. The van der Waals surface area contributed by atoms with E-state index in [1.807, 2.05) is 0 Å². The highest BCUT2D eigenvalue weighted by atomic mass is 16.5. The van der Waals surface area contributed by atoms with Gasteiger partial charge in [-0.15, -0.1) is 0 Å². The van der Waals surface area contributed by atoms with Crippen LogP contribution < -0.4 is 0 Å².